The number of carbonyl (C=O) groups is 2. The number of aromatic amines is 1. The van der Waals surface area contributed by atoms with Gasteiger partial charge in [-0.2, -0.15) is 9.49 Å². The number of pyridine rings is 2. The molecule has 5 rings (SSSR count). The summed E-state index contributed by atoms with van der Waals surface area (Å²) in [4.78, 5) is 38.8. The van der Waals surface area contributed by atoms with Crippen molar-refractivity contribution in [1.82, 2.24) is 29.6 Å². The van der Waals surface area contributed by atoms with Crippen LogP contribution < -0.4 is 10.6 Å². The Kier molecular flexibility index (Phi) is 6.68. The van der Waals surface area contributed by atoms with E-state index in [1.165, 1.54) is 18.5 Å². The highest BCUT2D eigenvalue weighted by atomic mass is 19.1. The highest BCUT2D eigenvalue weighted by Crippen LogP contribution is 2.24. The molecule has 1 fully saturated rings. The number of aryl methyl sites for hydroxylation is 1. The van der Waals surface area contributed by atoms with E-state index >= 15 is 0 Å². The van der Waals surface area contributed by atoms with Gasteiger partial charge in [-0.3, -0.25) is 19.2 Å². The number of rotatable bonds is 6. The summed E-state index contributed by atoms with van der Waals surface area (Å²) in [5.41, 5.74) is 2.67. The number of carbonyl (C=O) groups excluding carboxylic acids is 2. The first-order valence-electron chi connectivity index (χ1n) is 11.8. The second-order valence-corrected chi connectivity index (χ2v) is 9.22. The third kappa shape index (κ3) is 5.34. The smallest absolute Gasteiger partial charge is 0.257 e. The number of anilines is 2. The van der Waals surface area contributed by atoms with E-state index in [0.717, 1.165) is 16.6 Å². The zero-order valence-corrected chi connectivity index (χ0v) is 20.7. The summed E-state index contributed by atoms with van der Waals surface area (Å²) >= 11 is 0. The third-order valence-corrected chi connectivity index (χ3v) is 6.30. The molecule has 4 aromatic rings. The molecule has 1 saturated heterocycles. The number of nitrogens with one attached hydrogen (secondary N) is 3. The lowest BCUT2D eigenvalue weighted by atomic mass is 10.1. The molecule has 0 unspecified atom stereocenters. The number of nitrogens with zero attached hydrogens (tertiary/aromatic N) is 5. The summed E-state index contributed by atoms with van der Waals surface area (Å²) < 4.78 is 21.6. The van der Waals surface area contributed by atoms with Gasteiger partial charge >= 0.3 is 0 Å². The van der Waals surface area contributed by atoms with Crippen LogP contribution in [0.5, 0.6) is 0 Å². The Bertz CT molecular complexity index is 1460. The average molecular weight is 507 g/mol. The van der Waals surface area contributed by atoms with Gasteiger partial charge in [-0.05, 0) is 32.0 Å². The predicted molar refractivity (Wildman–Crippen MR) is 136 cm³/mol. The molecule has 0 aromatic carbocycles. The van der Waals surface area contributed by atoms with E-state index in [4.69, 9.17) is 4.74 Å². The van der Waals surface area contributed by atoms with Crippen molar-refractivity contribution in [3.05, 3.63) is 54.5 Å². The van der Waals surface area contributed by atoms with Crippen LogP contribution in [-0.2, 0) is 16.6 Å². The van der Waals surface area contributed by atoms with Gasteiger partial charge in [-0.25, -0.2) is 9.97 Å². The number of fused-ring (bicyclic) bond motifs is 1. The molecule has 4 aromatic heterocycles. The average Bonchev–Trinajstić information content (AvgIpc) is 3.49. The van der Waals surface area contributed by atoms with Gasteiger partial charge in [0, 0.05) is 42.5 Å². The quantitative estimate of drug-likeness (QED) is 0.343. The summed E-state index contributed by atoms with van der Waals surface area (Å²) in [6.45, 7) is 5.26. The van der Waals surface area contributed by atoms with Gasteiger partial charge in [0.15, 0.2) is 0 Å². The Labute approximate surface area is 212 Å². The van der Waals surface area contributed by atoms with Crippen molar-refractivity contribution in [2.24, 2.45) is 7.05 Å². The van der Waals surface area contributed by atoms with Crippen LogP contribution in [0.15, 0.2) is 43.0 Å². The standard InChI is InChI=1S/C25H27FN8O3/c1-14-12-37-13-15(2)34(14)11-22(35)30-19-6-21(23(26)27-9-19)32-25(36)17-4-16-5-20(31-24(16)28-7-17)18-8-29-33(3)10-18/h4-10,14-15H,11-13H2,1-3H3,(H,28,31)(H,30,35)(H,32,36)/t14-,15-/m1/s1. The van der Waals surface area contributed by atoms with E-state index in [1.807, 2.05) is 38.1 Å². The Morgan fingerprint density at radius 3 is 2.62 bits per heavy atom. The minimum absolute atomic E-state index is 0.0992. The van der Waals surface area contributed by atoms with Crippen molar-refractivity contribution in [2.75, 3.05) is 30.4 Å². The minimum Gasteiger partial charge on any atom is -0.378 e. The second kappa shape index (κ2) is 10.1. The third-order valence-electron chi connectivity index (χ3n) is 6.30. The van der Waals surface area contributed by atoms with Gasteiger partial charge in [0.1, 0.15) is 5.65 Å². The zero-order chi connectivity index (χ0) is 26.1. The number of H-pyrrole nitrogens is 1. The fourth-order valence-electron chi connectivity index (χ4n) is 4.37. The van der Waals surface area contributed by atoms with Crippen LogP contribution >= 0.6 is 0 Å². The molecule has 2 atom stereocenters. The van der Waals surface area contributed by atoms with Crippen LogP contribution in [0, 0.1) is 5.95 Å². The highest BCUT2D eigenvalue weighted by molar-refractivity contribution is 6.06. The molecule has 0 radical (unpaired) electrons. The maximum Gasteiger partial charge on any atom is 0.257 e. The molecule has 0 spiro atoms. The highest BCUT2D eigenvalue weighted by Gasteiger charge is 2.27. The normalized spacial score (nSPS) is 18.2. The molecule has 11 nitrogen and oxygen atoms in total. The number of morpholine rings is 1. The largest absolute Gasteiger partial charge is 0.378 e. The second-order valence-electron chi connectivity index (χ2n) is 9.22. The minimum atomic E-state index is -0.865. The molecular formula is C25H27FN8O3. The Balaban J connectivity index is 1.28. The topological polar surface area (TPSA) is 130 Å². The van der Waals surface area contributed by atoms with E-state index < -0.39 is 11.9 Å². The molecule has 12 heteroatoms. The molecule has 192 valence electrons. The Hall–Kier alpha value is -4.16. The molecule has 5 heterocycles. The van der Waals surface area contributed by atoms with Gasteiger partial charge in [-0.15, -0.1) is 0 Å². The van der Waals surface area contributed by atoms with Gasteiger partial charge in [0.2, 0.25) is 11.9 Å². The molecule has 0 saturated carbocycles. The van der Waals surface area contributed by atoms with E-state index in [9.17, 15) is 14.0 Å². The van der Waals surface area contributed by atoms with Crippen molar-refractivity contribution in [3.8, 4) is 11.3 Å². The van der Waals surface area contributed by atoms with E-state index in [-0.39, 0.29) is 41.5 Å². The number of ether oxygens (including phenoxy) is 1. The zero-order valence-electron chi connectivity index (χ0n) is 20.7. The van der Waals surface area contributed by atoms with Crippen molar-refractivity contribution in [3.63, 3.8) is 0 Å². The first-order chi connectivity index (χ1) is 17.8. The van der Waals surface area contributed by atoms with Gasteiger partial charge in [-0.1, -0.05) is 0 Å². The molecule has 1 aliphatic heterocycles. The van der Waals surface area contributed by atoms with Crippen LogP contribution in [0.4, 0.5) is 15.8 Å². The van der Waals surface area contributed by atoms with Crippen molar-refractivity contribution in [1.29, 1.82) is 0 Å². The van der Waals surface area contributed by atoms with Crippen molar-refractivity contribution >= 4 is 34.2 Å². The summed E-state index contributed by atoms with van der Waals surface area (Å²) in [7, 11) is 1.83. The Morgan fingerprint density at radius 2 is 1.89 bits per heavy atom. The maximum absolute atomic E-state index is 14.4. The van der Waals surface area contributed by atoms with Crippen LogP contribution in [0.1, 0.15) is 24.2 Å². The predicted octanol–water partition coefficient (Wildman–Crippen LogP) is 2.80. The number of aromatic nitrogens is 5. The van der Waals surface area contributed by atoms with Crippen LogP contribution in [0.3, 0.4) is 0 Å². The van der Waals surface area contributed by atoms with Crippen LogP contribution in [0.2, 0.25) is 0 Å². The molecule has 1 aliphatic rings. The summed E-state index contributed by atoms with van der Waals surface area (Å²) in [6, 6.07) is 5.07. The van der Waals surface area contributed by atoms with E-state index in [2.05, 4.69) is 30.7 Å². The molecule has 37 heavy (non-hydrogen) atoms. The molecule has 2 amide bonds. The lowest BCUT2D eigenvalue weighted by Crippen LogP contribution is -2.52. The van der Waals surface area contributed by atoms with E-state index in [0.29, 0.717) is 18.9 Å². The number of hydrogen-bond acceptors (Lipinski definition) is 7. The van der Waals surface area contributed by atoms with Gasteiger partial charge < -0.3 is 20.4 Å². The molecule has 3 N–H and O–H groups in total. The maximum atomic E-state index is 14.4. The fourth-order valence-corrected chi connectivity index (χ4v) is 4.37. The summed E-state index contributed by atoms with van der Waals surface area (Å²) in [5, 5.41) is 10.1. The van der Waals surface area contributed by atoms with Gasteiger partial charge in [0.05, 0.1) is 54.8 Å². The van der Waals surface area contributed by atoms with Crippen LogP contribution in [0.25, 0.3) is 22.3 Å². The fraction of sp³-hybridized carbons (Fsp3) is 0.320. The monoisotopic (exact) mass is 506 g/mol. The first kappa shape index (κ1) is 24.5. The lowest BCUT2D eigenvalue weighted by molar-refractivity contribution is -0.121. The summed E-state index contributed by atoms with van der Waals surface area (Å²) in [6.07, 6.45) is 6.20. The van der Waals surface area contributed by atoms with Crippen LogP contribution in [-0.4, -0.2) is 73.3 Å². The van der Waals surface area contributed by atoms with E-state index in [1.54, 1.807) is 16.9 Å². The van der Waals surface area contributed by atoms with Gasteiger partial charge in [0.25, 0.3) is 5.91 Å². The summed E-state index contributed by atoms with van der Waals surface area (Å²) in [5.74, 6) is -1.69. The lowest BCUT2D eigenvalue weighted by Gasteiger charge is -2.38. The number of amides is 2. The SMILES string of the molecule is C[C@@H]1COC[C@@H](C)N1CC(=O)Nc1cnc(F)c(NC(=O)c2cnc3[nH]c(-c4cnn(C)c4)cc3c2)c1. The van der Waals surface area contributed by atoms with Crippen molar-refractivity contribution in [2.45, 2.75) is 25.9 Å². The Morgan fingerprint density at radius 1 is 1.11 bits per heavy atom. The molecule has 0 aliphatic carbocycles. The number of halogens is 1. The number of hydrogen-bond donors (Lipinski definition) is 3. The van der Waals surface area contributed by atoms with Crippen molar-refractivity contribution < 1.29 is 18.7 Å². The molecule has 0 bridgehead atoms. The molecular weight excluding hydrogens is 479 g/mol. The first-order valence-corrected chi connectivity index (χ1v) is 11.8.